The molecule has 0 heteroatoms. The second-order valence-corrected chi connectivity index (χ2v) is 1.16. The Kier molecular flexibility index (Phi) is 4.23. The Morgan fingerprint density at radius 3 is 2.50 bits per heavy atom. The average molecular weight is 81.1 g/mol. The average Bonchev–Trinajstić information content (AvgIpc) is 1.61. The van der Waals surface area contributed by atoms with Crippen molar-refractivity contribution < 1.29 is 0 Å². The highest BCUT2D eigenvalue weighted by Crippen LogP contribution is 1.88. The van der Waals surface area contributed by atoms with Gasteiger partial charge < -0.3 is 6.92 Å². The SMILES string of the molecule is C#CCCC[CH2-]. The third-order valence-electron chi connectivity index (χ3n) is 0.571. The molecule has 0 aromatic carbocycles. The van der Waals surface area contributed by atoms with E-state index in [0.717, 1.165) is 19.3 Å². The summed E-state index contributed by atoms with van der Waals surface area (Å²) in [5.41, 5.74) is 0. The normalized spacial score (nSPS) is 7.33. The molecular weight excluding hydrogens is 72.1 g/mol. The Bertz CT molecular complexity index is 47.5. The first kappa shape index (κ1) is 5.56. The lowest BCUT2D eigenvalue weighted by Crippen LogP contribution is -1.63. The molecule has 0 fully saturated rings. The predicted octanol–water partition coefficient (Wildman–Crippen LogP) is 1.62. The van der Waals surface area contributed by atoms with Crippen molar-refractivity contribution in [3.63, 3.8) is 0 Å². The van der Waals surface area contributed by atoms with Gasteiger partial charge in [0.1, 0.15) is 0 Å². The molecule has 0 aromatic rings. The van der Waals surface area contributed by atoms with Crippen LogP contribution in [0.4, 0.5) is 0 Å². The molecule has 0 bridgehead atoms. The van der Waals surface area contributed by atoms with Gasteiger partial charge in [-0.25, -0.2) is 0 Å². The molecule has 0 radical (unpaired) electrons. The van der Waals surface area contributed by atoms with Crippen molar-refractivity contribution in [1.82, 2.24) is 0 Å². The van der Waals surface area contributed by atoms with Gasteiger partial charge in [0.15, 0.2) is 0 Å². The number of rotatable bonds is 2. The van der Waals surface area contributed by atoms with Crippen molar-refractivity contribution in [1.29, 1.82) is 0 Å². The van der Waals surface area contributed by atoms with Gasteiger partial charge >= 0.3 is 0 Å². The van der Waals surface area contributed by atoms with Gasteiger partial charge in [0, 0.05) is 6.42 Å². The second-order valence-electron chi connectivity index (χ2n) is 1.16. The first-order valence-electron chi connectivity index (χ1n) is 2.14. The topological polar surface area (TPSA) is 0 Å². The maximum absolute atomic E-state index is 4.94. The number of hydrogen-bond donors (Lipinski definition) is 0. The molecule has 0 saturated carbocycles. The third kappa shape index (κ3) is 3.56. The van der Waals surface area contributed by atoms with E-state index in [1.807, 2.05) is 0 Å². The van der Waals surface area contributed by atoms with Crippen LogP contribution in [0.3, 0.4) is 0 Å². The molecule has 0 heterocycles. The van der Waals surface area contributed by atoms with Gasteiger partial charge in [0.2, 0.25) is 0 Å². The molecule has 0 aliphatic heterocycles. The molecule has 0 N–H and O–H groups in total. The number of terminal acetylenes is 1. The monoisotopic (exact) mass is 81.1 g/mol. The quantitative estimate of drug-likeness (QED) is 0.269. The zero-order valence-corrected chi connectivity index (χ0v) is 3.91. The van der Waals surface area contributed by atoms with Crippen LogP contribution >= 0.6 is 0 Å². The molecule has 0 atom stereocenters. The summed E-state index contributed by atoms with van der Waals surface area (Å²) < 4.78 is 0. The van der Waals surface area contributed by atoms with E-state index >= 15 is 0 Å². The van der Waals surface area contributed by atoms with Crippen molar-refractivity contribution in [3.05, 3.63) is 6.92 Å². The van der Waals surface area contributed by atoms with Gasteiger partial charge in [-0.2, -0.15) is 6.42 Å². The molecule has 0 nitrogen and oxygen atoms in total. The lowest BCUT2D eigenvalue weighted by atomic mass is 10.3. The maximum Gasteiger partial charge on any atom is 0.00617 e. The van der Waals surface area contributed by atoms with E-state index in [0.29, 0.717) is 0 Å². The molecule has 0 unspecified atom stereocenters. The van der Waals surface area contributed by atoms with Crippen LogP contribution in [0, 0.1) is 19.3 Å². The Morgan fingerprint density at radius 2 is 2.33 bits per heavy atom. The summed E-state index contributed by atoms with van der Waals surface area (Å²) in [6.45, 7) is 3.63. The number of unbranched alkanes of at least 4 members (excludes halogenated alkanes) is 2. The predicted molar refractivity (Wildman–Crippen MR) is 28.0 cm³/mol. The van der Waals surface area contributed by atoms with E-state index in [2.05, 4.69) is 12.8 Å². The van der Waals surface area contributed by atoms with E-state index < -0.39 is 0 Å². The van der Waals surface area contributed by atoms with Gasteiger partial charge in [-0.1, -0.05) is 6.42 Å². The number of hydrogen-bond acceptors (Lipinski definition) is 0. The highest BCUT2D eigenvalue weighted by molar-refractivity contribution is 4.82. The van der Waals surface area contributed by atoms with Gasteiger partial charge in [-0.05, 0) is 0 Å². The Morgan fingerprint density at radius 1 is 1.67 bits per heavy atom. The molecule has 6 heavy (non-hydrogen) atoms. The Balaban J connectivity index is 2.54. The van der Waals surface area contributed by atoms with Gasteiger partial charge in [0.25, 0.3) is 0 Å². The minimum atomic E-state index is 0.878. The highest BCUT2D eigenvalue weighted by atomic mass is 13.8. The fourth-order valence-corrected chi connectivity index (χ4v) is 0.227. The molecule has 0 aromatic heterocycles. The van der Waals surface area contributed by atoms with Crippen molar-refractivity contribution in [2.75, 3.05) is 0 Å². The second kappa shape index (κ2) is 4.56. The van der Waals surface area contributed by atoms with Crippen LogP contribution in [0.1, 0.15) is 19.3 Å². The summed E-state index contributed by atoms with van der Waals surface area (Å²) >= 11 is 0. The van der Waals surface area contributed by atoms with E-state index in [4.69, 9.17) is 6.42 Å². The van der Waals surface area contributed by atoms with Crippen molar-refractivity contribution in [3.8, 4) is 12.3 Å². The Labute approximate surface area is 39.6 Å². The van der Waals surface area contributed by atoms with Crippen LogP contribution in [0.25, 0.3) is 0 Å². The van der Waals surface area contributed by atoms with Crippen molar-refractivity contribution in [2.45, 2.75) is 19.3 Å². The summed E-state index contributed by atoms with van der Waals surface area (Å²) in [6, 6.07) is 0. The molecule has 0 amide bonds. The molecule has 0 aliphatic rings. The fraction of sp³-hybridized carbons (Fsp3) is 0.500. The first-order valence-corrected chi connectivity index (χ1v) is 2.14. The van der Waals surface area contributed by atoms with Crippen molar-refractivity contribution >= 4 is 0 Å². The summed E-state index contributed by atoms with van der Waals surface area (Å²) in [5.74, 6) is 2.53. The summed E-state index contributed by atoms with van der Waals surface area (Å²) in [5, 5.41) is 0. The molecular formula is C6H9-. The highest BCUT2D eigenvalue weighted by Gasteiger charge is 1.66. The molecule has 0 aliphatic carbocycles. The van der Waals surface area contributed by atoms with E-state index in [1.54, 1.807) is 0 Å². The Hall–Kier alpha value is -0.440. The molecule has 0 rings (SSSR count). The van der Waals surface area contributed by atoms with Crippen molar-refractivity contribution in [2.24, 2.45) is 0 Å². The smallest absolute Gasteiger partial charge is 0.00617 e. The molecule has 0 saturated heterocycles. The first-order chi connectivity index (χ1) is 2.91. The largest absolute Gasteiger partial charge is 0.343 e. The summed E-state index contributed by atoms with van der Waals surface area (Å²) in [4.78, 5) is 0. The summed E-state index contributed by atoms with van der Waals surface area (Å²) in [7, 11) is 0. The molecule has 34 valence electrons. The van der Waals surface area contributed by atoms with Crippen LogP contribution in [0.15, 0.2) is 0 Å². The molecule has 0 spiro atoms. The van der Waals surface area contributed by atoms with E-state index in [1.165, 1.54) is 0 Å². The fourth-order valence-electron chi connectivity index (χ4n) is 0.227. The van der Waals surface area contributed by atoms with Gasteiger partial charge in [0.05, 0.1) is 0 Å². The minimum Gasteiger partial charge on any atom is -0.343 e. The van der Waals surface area contributed by atoms with Gasteiger partial charge in [-0.15, -0.1) is 12.3 Å². The zero-order chi connectivity index (χ0) is 4.83. The summed E-state index contributed by atoms with van der Waals surface area (Å²) in [6.07, 6.45) is 7.84. The van der Waals surface area contributed by atoms with E-state index in [9.17, 15) is 0 Å². The maximum atomic E-state index is 4.94. The van der Waals surface area contributed by atoms with Gasteiger partial charge in [-0.3, -0.25) is 0 Å². The van der Waals surface area contributed by atoms with Crippen LogP contribution in [0.2, 0.25) is 0 Å². The van der Waals surface area contributed by atoms with Crippen LogP contribution < -0.4 is 0 Å². The lowest BCUT2D eigenvalue weighted by Gasteiger charge is -1.86. The third-order valence-corrected chi connectivity index (χ3v) is 0.571. The minimum absolute atomic E-state index is 0.878. The van der Waals surface area contributed by atoms with Crippen LogP contribution in [-0.4, -0.2) is 0 Å². The van der Waals surface area contributed by atoms with E-state index in [-0.39, 0.29) is 0 Å². The van der Waals surface area contributed by atoms with Crippen LogP contribution in [-0.2, 0) is 0 Å². The standard InChI is InChI=1S/C6H9/c1-3-5-6-4-2/h1H,2,4-6H2/q-1. The lowest BCUT2D eigenvalue weighted by molar-refractivity contribution is 0.883. The van der Waals surface area contributed by atoms with Crippen LogP contribution in [0.5, 0.6) is 0 Å². The zero-order valence-electron chi connectivity index (χ0n) is 3.91.